The highest BCUT2D eigenvalue weighted by atomic mass is 35.5. The van der Waals surface area contributed by atoms with Crippen molar-refractivity contribution in [1.29, 1.82) is 5.26 Å². The van der Waals surface area contributed by atoms with Gasteiger partial charge in [0, 0.05) is 13.1 Å². The van der Waals surface area contributed by atoms with Gasteiger partial charge in [0.2, 0.25) is 0 Å². The Morgan fingerprint density at radius 2 is 2.47 bits per heavy atom. The Morgan fingerprint density at radius 1 is 1.73 bits per heavy atom. The minimum absolute atomic E-state index is 0.0900. The molecule has 1 aromatic heterocycles. The third-order valence-corrected chi connectivity index (χ3v) is 3.30. The molecule has 0 aliphatic carbocycles. The van der Waals surface area contributed by atoms with Gasteiger partial charge in [-0.15, -0.1) is 11.3 Å². The zero-order valence-corrected chi connectivity index (χ0v) is 9.94. The summed E-state index contributed by atoms with van der Waals surface area (Å²) in [6, 6.07) is 3.73. The number of carbonyl (C=O) groups is 1. The number of halogens is 1. The standard InChI is InChI=1S/C10H11ClN2OS/c1-2-13(6-3-5-12)10(14)9-8(11)4-7-15-9/h4,7H,2-3,6H2,1H3. The van der Waals surface area contributed by atoms with Crippen LogP contribution in [0.15, 0.2) is 11.4 Å². The molecule has 3 nitrogen and oxygen atoms in total. The number of hydrogen-bond donors (Lipinski definition) is 0. The van der Waals surface area contributed by atoms with Crippen molar-refractivity contribution in [3.63, 3.8) is 0 Å². The van der Waals surface area contributed by atoms with Crippen LogP contribution in [0.25, 0.3) is 0 Å². The molecule has 1 rings (SSSR count). The van der Waals surface area contributed by atoms with Crippen LogP contribution in [-0.4, -0.2) is 23.9 Å². The van der Waals surface area contributed by atoms with E-state index in [0.29, 0.717) is 29.4 Å². The van der Waals surface area contributed by atoms with Crippen molar-refractivity contribution in [2.24, 2.45) is 0 Å². The van der Waals surface area contributed by atoms with E-state index in [0.717, 1.165) is 0 Å². The Kier molecular flexibility index (Phi) is 4.60. The van der Waals surface area contributed by atoms with Crippen molar-refractivity contribution < 1.29 is 4.79 Å². The van der Waals surface area contributed by atoms with Gasteiger partial charge in [-0.2, -0.15) is 5.26 Å². The molecule has 0 atom stereocenters. The molecular formula is C10H11ClN2OS. The number of amides is 1. The zero-order chi connectivity index (χ0) is 11.3. The van der Waals surface area contributed by atoms with Gasteiger partial charge in [0.05, 0.1) is 17.5 Å². The molecule has 0 aromatic carbocycles. The molecule has 0 unspecified atom stereocenters. The average Bonchev–Trinajstić information content (AvgIpc) is 2.65. The Hall–Kier alpha value is -1.05. The molecule has 1 amide bonds. The maximum Gasteiger partial charge on any atom is 0.265 e. The minimum atomic E-state index is -0.0900. The van der Waals surface area contributed by atoms with E-state index in [2.05, 4.69) is 0 Å². The van der Waals surface area contributed by atoms with Crippen LogP contribution >= 0.6 is 22.9 Å². The lowest BCUT2D eigenvalue weighted by atomic mass is 10.3. The number of thiophene rings is 1. The first kappa shape index (κ1) is 12.0. The van der Waals surface area contributed by atoms with Gasteiger partial charge in [-0.1, -0.05) is 11.6 Å². The van der Waals surface area contributed by atoms with Gasteiger partial charge in [0.1, 0.15) is 4.88 Å². The number of rotatable bonds is 4. The predicted molar refractivity (Wildman–Crippen MR) is 61.1 cm³/mol. The first-order chi connectivity index (χ1) is 7.20. The number of carbonyl (C=O) groups excluding carboxylic acids is 1. The van der Waals surface area contributed by atoms with Gasteiger partial charge >= 0.3 is 0 Å². The second-order valence-corrected chi connectivity index (χ2v) is 4.21. The highest BCUT2D eigenvalue weighted by Gasteiger charge is 2.17. The molecule has 1 aromatic rings. The number of nitrogens with zero attached hydrogens (tertiary/aromatic N) is 2. The highest BCUT2D eigenvalue weighted by molar-refractivity contribution is 7.12. The lowest BCUT2D eigenvalue weighted by Gasteiger charge is -2.18. The van der Waals surface area contributed by atoms with Crippen molar-refractivity contribution >= 4 is 28.8 Å². The summed E-state index contributed by atoms with van der Waals surface area (Å²) in [4.78, 5) is 14.1. The smallest absolute Gasteiger partial charge is 0.265 e. The molecule has 15 heavy (non-hydrogen) atoms. The molecule has 0 bridgehead atoms. The summed E-state index contributed by atoms with van der Waals surface area (Å²) in [6.45, 7) is 2.94. The van der Waals surface area contributed by atoms with E-state index in [9.17, 15) is 4.79 Å². The van der Waals surface area contributed by atoms with Crippen LogP contribution < -0.4 is 0 Å². The van der Waals surface area contributed by atoms with Crippen LogP contribution in [0.4, 0.5) is 0 Å². The van der Waals surface area contributed by atoms with Crippen molar-refractivity contribution in [3.8, 4) is 6.07 Å². The maximum atomic E-state index is 11.9. The summed E-state index contributed by atoms with van der Waals surface area (Å²) in [6.07, 6.45) is 0.350. The minimum Gasteiger partial charge on any atom is -0.337 e. The topological polar surface area (TPSA) is 44.1 Å². The fourth-order valence-electron chi connectivity index (χ4n) is 1.18. The number of nitriles is 1. The lowest BCUT2D eigenvalue weighted by Crippen LogP contribution is -2.31. The average molecular weight is 243 g/mol. The Labute approximate surface area is 97.9 Å². The highest BCUT2D eigenvalue weighted by Crippen LogP contribution is 2.23. The predicted octanol–water partition coefficient (Wildman–Crippen LogP) is 2.78. The van der Waals surface area contributed by atoms with Gasteiger partial charge in [-0.05, 0) is 18.4 Å². The fraction of sp³-hybridized carbons (Fsp3) is 0.400. The molecule has 1 heterocycles. The Balaban J connectivity index is 2.74. The molecule has 0 spiro atoms. The lowest BCUT2D eigenvalue weighted by molar-refractivity contribution is 0.0773. The second-order valence-electron chi connectivity index (χ2n) is 2.89. The van der Waals surface area contributed by atoms with Crippen molar-refractivity contribution in [3.05, 3.63) is 21.3 Å². The number of hydrogen-bond acceptors (Lipinski definition) is 3. The molecule has 0 aliphatic heterocycles. The van der Waals surface area contributed by atoms with Crippen molar-refractivity contribution in [2.45, 2.75) is 13.3 Å². The van der Waals surface area contributed by atoms with E-state index < -0.39 is 0 Å². The van der Waals surface area contributed by atoms with Gasteiger partial charge in [-0.25, -0.2) is 0 Å². The van der Waals surface area contributed by atoms with Crippen molar-refractivity contribution in [2.75, 3.05) is 13.1 Å². The largest absolute Gasteiger partial charge is 0.337 e. The normalized spacial score (nSPS) is 9.67. The van der Waals surface area contributed by atoms with Gasteiger partial charge in [0.15, 0.2) is 0 Å². The first-order valence-corrected chi connectivity index (χ1v) is 5.85. The van der Waals surface area contributed by atoms with Crippen LogP contribution in [0.5, 0.6) is 0 Å². The van der Waals surface area contributed by atoms with E-state index in [1.165, 1.54) is 11.3 Å². The first-order valence-electron chi connectivity index (χ1n) is 4.60. The summed E-state index contributed by atoms with van der Waals surface area (Å²) in [5.41, 5.74) is 0. The molecule has 80 valence electrons. The summed E-state index contributed by atoms with van der Waals surface area (Å²) in [5.74, 6) is -0.0900. The molecule has 0 radical (unpaired) electrons. The van der Waals surface area contributed by atoms with E-state index >= 15 is 0 Å². The quantitative estimate of drug-likeness (QED) is 0.815. The van der Waals surface area contributed by atoms with Crippen LogP contribution in [0.3, 0.4) is 0 Å². The molecule has 5 heteroatoms. The molecule has 0 N–H and O–H groups in total. The van der Waals surface area contributed by atoms with E-state index in [1.54, 1.807) is 16.3 Å². The monoisotopic (exact) mass is 242 g/mol. The van der Waals surface area contributed by atoms with Gasteiger partial charge < -0.3 is 4.90 Å². The molecule has 0 saturated heterocycles. The summed E-state index contributed by atoms with van der Waals surface area (Å²) in [7, 11) is 0. The van der Waals surface area contributed by atoms with E-state index in [-0.39, 0.29) is 5.91 Å². The van der Waals surface area contributed by atoms with Crippen LogP contribution in [0, 0.1) is 11.3 Å². The maximum absolute atomic E-state index is 11.9. The van der Waals surface area contributed by atoms with Crippen LogP contribution in [0.1, 0.15) is 23.0 Å². The SMILES string of the molecule is CCN(CCC#N)C(=O)c1sccc1Cl. The molecule has 0 aliphatic rings. The Bertz CT molecular complexity index is 383. The van der Waals surface area contributed by atoms with Crippen LogP contribution in [-0.2, 0) is 0 Å². The molecular weight excluding hydrogens is 232 g/mol. The summed E-state index contributed by atoms with van der Waals surface area (Å²) in [5, 5.41) is 10.7. The zero-order valence-electron chi connectivity index (χ0n) is 8.36. The molecule has 0 fully saturated rings. The molecule has 0 saturated carbocycles. The van der Waals surface area contributed by atoms with Gasteiger partial charge in [0.25, 0.3) is 5.91 Å². The summed E-state index contributed by atoms with van der Waals surface area (Å²) < 4.78 is 0. The third kappa shape index (κ3) is 2.95. The third-order valence-electron chi connectivity index (χ3n) is 1.97. The summed E-state index contributed by atoms with van der Waals surface area (Å²) >= 11 is 7.20. The Morgan fingerprint density at radius 3 is 2.93 bits per heavy atom. The second kappa shape index (κ2) is 5.74. The van der Waals surface area contributed by atoms with Gasteiger partial charge in [-0.3, -0.25) is 4.79 Å². The van der Waals surface area contributed by atoms with Crippen molar-refractivity contribution in [1.82, 2.24) is 4.90 Å². The fourth-order valence-corrected chi connectivity index (χ4v) is 2.28. The van der Waals surface area contributed by atoms with Crippen LogP contribution in [0.2, 0.25) is 5.02 Å². The van der Waals surface area contributed by atoms with E-state index in [1.807, 2.05) is 13.0 Å². The van der Waals surface area contributed by atoms with E-state index in [4.69, 9.17) is 16.9 Å².